The smallest absolute Gasteiger partial charge is 0.193 e. The van der Waals surface area contributed by atoms with Crippen LogP contribution in [-0.4, -0.2) is 31.0 Å². The van der Waals surface area contributed by atoms with Gasteiger partial charge in [0.25, 0.3) is 0 Å². The van der Waals surface area contributed by atoms with Crippen molar-refractivity contribution in [1.29, 1.82) is 0 Å². The van der Waals surface area contributed by atoms with Crippen molar-refractivity contribution in [3.63, 3.8) is 0 Å². The second-order valence-electron chi connectivity index (χ2n) is 5.89. The fourth-order valence-corrected chi connectivity index (χ4v) is 2.87. The summed E-state index contributed by atoms with van der Waals surface area (Å²) in [6.07, 6.45) is 1.18. The number of hydrogen-bond donors (Lipinski definition) is 1. The van der Waals surface area contributed by atoms with Crippen LogP contribution in [0.25, 0.3) is 0 Å². The molecule has 23 heavy (non-hydrogen) atoms. The predicted molar refractivity (Wildman–Crippen MR) is 107 cm³/mol. The molecule has 3 rings (SSSR count). The average Bonchev–Trinajstić information content (AvgIpc) is 3.33. The molecule has 0 spiro atoms. The van der Waals surface area contributed by atoms with E-state index in [1.54, 1.807) is 0 Å². The molecule has 0 bridgehead atoms. The fraction of sp³-hybridized carbons (Fsp3) is 0.316. The van der Waals surface area contributed by atoms with E-state index in [1.165, 1.54) is 17.5 Å². The molecular weight excluding hydrogens is 397 g/mol. The molecule has 1 fully saturated rings. The number of guanidine groups is 1. The van der Waals surface area contributed by atoms with Crippen molar-refractivity contribution >= 4 is 29.9 Å². The molecule has 0 aromatic heterocycles. The van der Waals surface area contributed by atoms with Gasteiger partial charge in [-0.15, -0.1) is 24.0 Å². The highest BCUT2D eigenvalue weighted by Gasteiger charge is 2.39. The first-order valence-electron chi connectivity index (χ1n) is 7.81. The Kier molecular flexibility index (Phi) is 6.45. The number of nitrogens with zero attached hydrogens (tertiary/aromatic N) is 2. The molecule has 2 aromatic carbocycles. The van der Waals surface area contributed by atoms with E-state index in [4.69, 9.17) is 0 Å². The second-order valence-corrected chi connectivity index (χ2v) is 5.89. The Balaban J connectivity index is 0.00000192. The summed E-state index contributed by atoms with van der Waals surface area (Å²) in [7, 11) is 3.94. The van der Waals surface area contributed by atoms with Crippen LogP contribution in [-0.2, 0) is 6.54 Å². The van der Waals surface area contributed by atoms with Crippen molar-refractivity contribution < 1.29 is 0 Å². The number of rotatable bonds is 4. The highest BCUT2D eigenvalue weighted by atomic mass is 127. The Morgan fingerprint density at radius 2 is 1.70 bits per heavy atom. The maximum Gasteiger partial charge on any atom is 0.193 e. The van der Waals surface area contributed by atoms with E-state index >= 15 is 0 Å². The third-order valence-electron chi connectivity index (χ3n) is 4.17. The Morgan fingerprint density at radius 3 is 2.30 bits per heavy atom. The summed E-state index contributed by atoms with van der Waals surface area (Å²) < 4.78 is 0. The van der Waals surface area contributed by atoms with Gasteiger partial charge < -0.3 is 10.2 Å². The largest absolute Gasteiger partial charge is 0.353 e. The third kappa shape index (κ3) is 4.70. The monoisotopic (exact) mass is 421 g/mol. The topological polar surface area (TPSA) is 27.6 Å². The second kappa shape index (κ2) is 8.34. The summed E-state index contributed by atoms with van der Waals surface area (Å²) in [6.45, 7) is 0.864. The van der Waals surface area contributed by atoms with Gasteiger partial charge in [0, 0.05) is 32.6 Å². The Bertz CT molecular complexity index is 628. The van der Waals surface area contributed by atoms with Gasteiger partial charge in [-0.05, 0) is 17.5 Å². The van der Waals surface area contributed by atoms with Crippen molar-refractivity contribution in [1.82, 2.24) is 10.2 Å². The molecular formula is C19H24IN3. The van der Waals surface area contributed by atoms with E-state index in [9.17, 15) is 0 Å². The van der Waals surface area contributed by atoms with E-state index in [0.29, 0.717) is 12.0 Å². The average molecular weight is 421 g/mol. The van der Waals surface area contributed by atoms with Crippen LogP contribution in [0.15, 0.2) is 65.7 Å². The minimum absolute atomic E-state index is 0. The van der Waals surface area contributed by atoms with Crippen LogP contribution in [0.3, 0.4) is 0 Å². The summed E-state index contributed by atoms with van der Waals surface area (Å²) in [4.78, 5) is 6.60. The summed E-state index contributed by atoms with van der Waals surface area (Å²) >= 11 is 0. The maximum absolute atomic E-state index is 4.42. The zero-order valence-corrected chi connectivity index (χ0v) is 16.0. The summed E-state index contributed by atoms with van der Waals surface area (Å²) in [6, 6.07) is 21.7. The first-order chi connectivity index (χ1) is 10.8. The molecule has 1 N–H and O–H groups in total. The molecule has 0 aliphatic heterocycles. The molecule has 122 valence electrons. The molecule has 1 saturated carbocycles. The predicted octanol–water partition coefficient (Wildman–Crippen LogP) is 3.87. The lowest BCUT2D eigenvalue weighted by atomic mass is 10.1. The van der Waals surface area contributed by atoms with Crippen molar-refractivity contribution in [2.75, 3.05) is 14.1 Å². The van der Waals surface area contributed by atoms with Crippen LogP contribution in [0.2, 0.25) is 0 Å². The summed E-state index contributed by atoms with van der Waals surface area (Å²) in [5.41, 5.74) is 2.71. The van der Waals surface area contributed by atoms with Crippen LogP contribution < -0.4 is 5.32 Å². The van der Waals surface area contributed by atoms with Gasteiger partial charge in [-0.3, -0.25) is 4.99 Å². The van der Waals surface area contributed by atoms with E-state index in [1.807, 2.05) is 13.1 Å². The Labute approximate surface area is 155 Å². The van der Waals surface area contributed by atoms with Gasteiger partial charge in [0.2, 0.25) is 0 Å². The molecule has 0 amide bonds. The van der Waals surface area contributed by atoms with Crippen molar-refractivity contribution in [2.24, 2.45) is 4.99 Å². The highest BCUT2D eigenvalue weighted by Crippen LogP contribution is 2.40. The van der Waals surface area contributed by atoms with Gasteiger partial charge >= 0.3 is 0 Å². The van der Waals surface area contributed by atoms with Crippen LogP contribution in [0.4, 0.5) is 0 Å². The molecule has 4 heteroatoms. The van der Waals surface area contributed by atoms with Gasteiger partial charge in [0.15, 0.2) is 5.96 Å². The SMILES string of the molecule is CN=C(NC1CC1c1ccccc1)N(C)Cc1ccccc1.I. The van der Waals surface area contributed by atoms with Gasteiger partial charge in [0.05, 0.1) is 0 Å². The van der Waals surface area contributed by atoms with Crippen LogP contribution in [0.1, 0.15) is 23.5 Å². The van der Waals surface area contributed by atoms with Crippen molar-refractivity contribution in [3.05, 3.63) is 71.8 Å². The van der Waals surface area contributed by atoms with Gasteiger partial charge in [0.1, 0.15) is 0 Å². The highest BCUT2D eigenvalue weighted by molar-refractivity contribution is 14.0. The number of hydrogen-bond acceptors (Lipinski definition) is 1. The number of halogens is 1. The van der Waals surface area contributed by atoms with Gasteiger partial charge in [-0.25, -0.2) is 0 Å². The zero-order valence-electron chi connectivity index (χ0n) is 13.6. The van der Waals surface area contributed by atoms with Crippen LogP contribution in [0, 0.1) is 0 Å². The normalized spacial score (nSPS) is 19.7. The fourth-order valence-electron chi connectivity index (χ4n) is 2.87. The quantitative estimate of drug-likeness (QED) is 0.461. The first-order valence-corrected chi connectivity index (χ1v) is 7.81. The van der Waals surface area contributed by atoms with E-state index in [2.05, 4.69) is 76.9 Å². The molecule has 2 unspecified atom stereocenters. The number of aliphatic imine (C=N–C) groups is 1. The maximum atomic E-state index is 4.42. The third-order valence-corrected chi connectivity index (χ3v) is 4.17. The molecule has 1 aliphatic carbocycles. The first kappa shape index (κ1) is 17.8. The van der Waals surface area contributed by atoms with Gasteiger partial charge in [-0.2, -0.15) is 0 Å². The van der Waals surface area contributed by atoms with E-state index in [-0.39, 0.29) is 24.0 Å². The van der Waals surface area contributed by atoms with Crippen LogP contribution >= 0.6 is 24.0 Å². The molecule has 2 atom stereocenters. The number of nitrogens with one attached hydrogen (secondary N) is 1. The summed E-state index contributed by atoms with van der Waals surface area (Å²) in [5.74, 6) is 1.58. The minimum atomic E-state index is 0. The Morgan fingerprint density at radius 1 is 1.09 bits per heavy atom. The van der Waals surface area contributed by atoms with Crippen molar-refractivity contribution in [2.45, 2.75) is 24.9 Å². The Hall–Kier alpha value is -1.56. The van der Waals surface area contributed by atoms with Gasteiger partial charge in [-0.1, -0.05) is 60.7 Å². The van der Waals surface area contributed by atoms with Crippen molar-refractivity contribution in [3.8, 4) is 0 Å². The lowest BCUT2D eigenvalue weighted by Crippen LogP contribution is -2.40. The summed E-state index contributed by atoms with van der Waals surface area (Å²) in [5, 5.41) is 3.59. The van der Waals surface area contributed by atoms with E-state index in [0.717, 1.165) is 12.5 Å². The lowest BCUT2D eigenvalue weighted by Gasteiger charge is -2.22. The molecule has 2 aromatic rings. The van der Waals surface area contributed by atoms with Crippen LogP contribution in [0.5, 0.6) is 0 Å². The standard InChI is InChI=1S/C19H23N3.HI/c1-20-19(22(2)14-15-9-5-3-6-10-15)21-18-13-17(18)16-11-7-4-8-12-16;/h3-12,17-18H,13-14H2,1-2H3,(H,20,21);1H. The minimum Gasteiger partial charge on any atom is -0.353 e. The molecule has 0 saturated heterocycles. The zero-order chi connectivity index (χ0) is 15.4. The van der Waals surface area contributed by atoms with E-state index < -0.39 is 0 Å². The molecule has 3 nitrogen and oxygen atoms in total. The molecule has 1 aliphatic rings. The molecule has 0 radical (unpaired) electrons. The lowest BCUT2D eigenvalue weighted by molar-refractivity contribution is 0.475. The number of benzene rings is 2. The molecule has 0 heterocycles.